The maximum Gasteiger partial charge on any atom is 0.257 e. The molecule has 0 bridgehead atoms. The first-order valence-corrected chi connectivity index (χ1v) is 8.91. The molecule has 7 heteroatoms. The van der Waals surface area contributed by atoms with Crippen LogP contribution < -0.4 is 20.1 Å². The number of pyridine rings is 1. The van der Waals surface area contributed by atoms with Gasteiger partial charge in [0.1, 0.15) is 17.3 Å². The Bertz CT molecular complexity index is 991. The molecule has 2 N–H and O–H groups in total. The van der Waals surface area contributed by atoms with Gasteiger partial charge in [0.25, 0.3) is 5.91 Å². The summed E-state index contributed by atoms with van der Waals surface area (Å²) >= 11 is 6.14. The molecular weight excluding hydrogens is 378 g/mol. The van der Waals surface area contributed by atoms with Crippen molar-refractivity contribution in [3.8, 4) is 11.5 Å². The molecule has 3 aromatic rings. The molecule has 144 valence electrons. The van der Waals surface area contributed by atoms with Gasteiger partial charge in [0, 0.05) is 23.0 Å². The third-order valence-corrected chi connectivity index (χ3v) is 4.62. The molecule has 0 saturated heterocycles. The van der Waals surface area contributed by atoms with Crippen LogP contribution in [-0.4, -0.2) is 25.1 Å². The summed E-state index contributed by atoms with van der Waals surface area (Å²) in [6.45, 7) is 1.92. The highest BCUT2D eigenvalue weighted by atomic mass is 35.5. The number of amides is 1. The highest BCUT2D eigenvalue weighted by Gasteiger charge is 2.12. The van der Waals surface area contributed by atoms with Crippen molar-refractivity contribution in [3.63, 3.8) is 0 Å². The second-order valence-electron chi connectivity index (χ2n) is 5.99. The molecule has 0 unspecified atom stereocenters. The summed E-state index contributed by atoms with van der Waals surface area (Å²) in [5.41, 5.74) is 2.72. The largest absolute Gasteiger partial charge is 0.497 e. The average Bonchev–Trinajstić information content (AvgIpc) is 2.71. The van der Waals surface area contributed by atoms with E-state index in [2.05, 4.69) is 15.6 Å². The number of hydrogen-bond donors (Lipinski definition) is 2. The number of halogens is 1. The van der Waals surface area contributed by atoms with Crippen LogP contribution in [0, 0.1) is 6.92 Å². The zero-order valence-electron chi connectivity index (χ0n) is 15.7. The van der Waals surface area contributed by atoms with Crippen LogP contribution in [0.4, 0.5) is 17.2 Å². The zero-order chi connectivity index (χ0) is 20.1. The molecule has 0 radical (unpaired) electrons. The number of methoxy groups -OCH3 is 2. The number of rotatable bonds is 6. The first-order valence-electron chi connectivity index (χ1n) is 8.53. The molecule has 0 aliphatic heterocycles. The summed E-state index contributed by atoms with van der Waals surface area (Å²) in [6, 6.07) is 14.2. The number of nitrogens with zero attached hydrogens (tertiary/aromatic N) is 1. The van der Waals surface area contributed by atoms with Gasteiger partial charge in [0.2, 0.25) is 0 Å². The van der Waals surface area contributed by atoms with E-state index in [1.165, 1.54) is 13.3 Å². The molecule has 28 heavy (non-hydrogen) atoms. The van der Waals surface area contributed by atoms with Crippen LogP contribution in [0.15, 0.2) is 54.7 Å². The maximum atomic E-state index is 12.6. The molecule has 0 aliphatic carbocycles. The predicted octanol–water partition coefficient (Wildman–Crippen LogP) is 5.06. The number of carbonyl (C=O) groups is 1. The van der Waals surface area contributed by atoms with Crippen molar-refractivity contribution in [2.75, 3.05) is 24.9 Å². The molecule has 0 spiro atoms. The number of hydrogen-bond acceptors (Lipinski definition) is 5. The molecule has 2 aromatic carbocycles. The van der Waals surface area contributed by atoms with Crippen LogP contribution in [0.2, 0.25) is 5.02 Å². The zero-order valence-corrected chi connectivity index (χ0v) is 16.5. The Morgan fingerprint density at radius 3 is 2.54 bits per heavy atom. The summed E-state index contributed by atoms with van der Waals surface area (Å²) in [7, 11) is 3.10. The summed E-state index contributed by atoms with van der Waals surface area (Å²) in [6.07, 6.45) is 1.50. The summed E-state index contributed by atoms with van der Waals surface area (Å²) in [4.78, 5) is 16.9. The van der Waals surface area contributed by atoms with Gasteiger partial charge in [-0.3, -0.25) is 4.79 Å². The van der Waals surface area contributed by atoms with Crippen molar-refractivity contribution in [3.05, 3.63) is 70.9 Å². The van der Waals surface area contributed by atoms with Gasteiger partial charge in [-0.15, -0.1) is 0 Å². The van der Waals surface area contributed by atoms with E-state index < -0.39 is 0 Å². The Balaban J connectivity index is 1.75. The highest BCUT2D eigenvalue weighted by Crippen LogP contribution is 2.29. The Hall–Kier alpha value is -3.25. The van der Waals surface area contributed by atoms with Crippen LogP contribution in [0.5, 0.6) is 11.5 Å². The standard InChI is InChI=1S/C21H20ClN3O3/c1-13-16(22)5-4-6-17(13)24-20-10-7-14(12-23-20)21(26)25-18-11-15(27-2)8-9-19(18)28-3/h4-12H,1-3H3,(H,23,24)(H,25,26). The SMILES string of the molecule is COc1ccc(OC)c(NC(=O)c2ccc(Nc3cccc(Cl)c3C)nc2)c1. The Morgan fingerprint density at radius 1 is 1.04 bits per heavy atom. The summed E-state index contributed by atoms with van der Waals surface area (Å²) in [5.74, 6) is 1.47. The van der Waals surface area contributed by atoms with Crippen LogP contribution >= 0.6 is 11.6 Å². The molecule has 0 fully saturated rings. The van der Waals surface area contributed by atoms with Crippen LogP contribution in [0.3, 0.4) is 0 Å². The monoisotopic (exact) mass is 397 g/mol. The van der Waals surface area contributed by atoms with Gasteiger partial charge in [-0.2, -0.15) is 0 Å². The van der Waals surface area contributed by atoms with Crippen molar-refractivity contribution in [1.82, 2.24) is 4.98 Å². The third-order valence-electron chi connectivity index (χ3n) is 4.21. The number of benzene rings is 2. The Morgan fingerprint density at radius 2 is 1.86 bits per heavy atom. The Kier molecular flexibility index (Phi) is 6.01. The second kappa shape index (κ2) is 8.63. The lowest BCUT2D eigenvalue weighted by atomic mass is 10.2. The minimum Gasteiger partial charge on any atom is -0.497 e. The number of anilines is 3. The normalized spacial score (nSPS) is 10.3. The highest BCUT2D eigenvalue weighted by molar-refractivity contribution is 6.31. The fourth-order valence-corrected chi connectivity index (χ4v) is 2.76. The van der Waals surface area contributed by atoms with Crippen LogP contribution in [0.1, 0.15) is 15.9 Å². The summed E-state index contributed by atoms with van der Waals surface area (Å²) < 4.78 is 10.5. The molecular formula is C21H20ClN3O3. The Labute approximate surface area is 168 Å². The van der Waals surface area contributed by atoms with E-state index in [1.807, 2.05) is 25.1 Å². The third kappa shape index (κ3) is 4.35. The van der Waals surface area contributed by atoms with Crippen molar-refractivity contribution < 1.29 is 14.3 Å². The molecule has 0 saturated carbocycles. The van der Waals surface area contributed by atoms with Gasteiger partial charge in [0.05, 0.1) is 25.5 Å². The number of nitrogens with one attached hydrogen (secondary N) is 2. The van der Waals surface area contributed by atoms with Crippen molar-refractivity contribution in [2.45, 2.75) is 6.92 Å². The first kappa shape index (κ1) is 19.5. The molecule has 0 aliphatic rings. The van der Waals surface area contributed by atoms with Crippen molar-refractivity contribution in [1.29, 1.82) is 0 Å². The second-order valence-corrected chi connectivity index (χ2v) is 6.40. The van der Waals surface area contributed by atoms with Crippen LogP contribution in [0.25, 0.3) is 0 Å². The molecule has 0 atom stereocenters. The molecule has 1 aromatic heterocycles. The predicted molar refractivity (Wildman–Crippen MR) is 111 cm³/mol. The topological polar surface area (TPSA) is 72.5 Å². The van der Waals surface area contributed by atoms with Gasteiger partial charge in [-0.1, -0.05) is 17.7 Å². The minimum atomic E-state index is -0.301. The van der Waals surface area contributed by atoms with E-state index in [1.54, 1.807) is 37.4 Å². The van der Waals surface area contributed by atoms with Gasteiger partial charge >= 0.3 is 0 Å². The quantitative estimate of drug-likeness (QED) is 0.608. The van der Waals surface area contributed by atoms with E-state index in [4.69, 9.17) is 21.1 Å². The lowest BCUT2D eigenvalue weighted by molar-refractivity contribution is 0.102. The number of carbonyl (C=O) groups excluding carboxylic acids is 1. The first-order chi connectivity index (χ1) is 13.5. The summed E-state index contributed by atoms with van der Waals surface area (Å²) in [5, 5.41) is 6.69. The van der Waals surface area contributed by atoms with E-state index in [9.17, 15) is 4.79 Å². The fraction of sp³-hybridized carbons (Fsp3) is 0.143. The molecule has 6 nitrogen and oxygen atoms in total. The molecule has 1 amide bonds. The smallest absolute Gasteiger partial charge is 0.257 e. The van der Waals surface area contributed by atoms with E-state index in [0.717, 1.165) is 11.3 Å². The van der Waals surface area contributed by atoms with E-state index >= 15 is 0 Å². The van der Waals surface area contributed by atoms with Crippen molar-refractivity contribution >= 4 is 34.7 Å². The van der Waals surface area contributed by atoms with Crippen molar-refractivity contribution in [2.24, 2.45) is 0 Å². The lowest BCUT2D eigenvalue weighted by Crippen LogP contribution is -2.13. The lowest BCUT2D eigenvalue weighted by Gasteiger charge is -2.12. The molecule has 3 rings (SSSR count). The average molecular weight is 398 g/mol. The van der Waals surface area contributed by atoms with Crippen LogP contribution in [-0.2, 0) is 0 Å². The number of ether oxygens (including phenoxy) is 2. The number of aromatic nitrogens is 1. The van der Waals surface area contributed by atoms with Gasteiger partial charge < -0.3 is 20.1 Å². The van der Waals surface area contributed by atoms with Gasteiger partial charge in [0.15, 0.2) is 0 Å². The fourth-order valence-electron chi connectivity index (χ4n) is 2.59. The minimum absolute atomic E-state index is 0.301. The van der Waals surface area contributed by atoms with E-state index in [-0.39, 0.29) is 5.91 Å². The van der Waals surface area contributed by atoms with Gasteiger partial charge in [-0.05, 0) is 48.9 Å². The maximum absolute atomic E-state index is 12.6. The molecule has 1 heterocycles. The van der Waals surface area contributed by atoms with E-state index in [0.29, 0.717) is 33.6 Å². The van der Waals surface area contributed by atoms with Gasteiger partial charge in [-0.25, -0.2) is 4.98 Å².